The molecule has 3 unspecified atom stereocenters. The number of rotatable bonds is 2. The summed E-state index contributed by atoms with van der Waals surface area (Å²) in [6.07, 6.45) is 2.52. The number of anilines is 2. The molecule has 0 amide bonds. The van der Waals surface area contributed by atoms with E-state index in [4.69, 9.17) is 11.6 Å². The summed E-state index contributed by atoms with van der Waals surface area (Å²) in [6.45, 7) is 0. The lowest BCUT2D eigenvalue weighted by atomic mass is 9.76. The van der Waals surface area contributed by atoms with E-state index >= 15 is 0 Å². The molecule has 1 heterocycles. The second kappa shape index (κ2) is 7.62. The van der Waals surface area contributed by atoms with Crippen molar-refractivity contribution in [1.29, 1.82) is 0 Å². The van der Waals surface area contributed by atoms with Gasteiger partial charge in [-0.2, -0.15) is 0 Å². The van der Waals surface area contributed by atoms with Crippen LogP contribution in [0.1, 0.15) is 29.5 Å². The van der Waals surface area contributed by atoms with E-state index < -0.39 is 5.92 Å². The van der Waals surface area contributed by atoms with Crippen LogP contribution in [0.5, 0.6) is 0 Å². The van der Waals surface area contributed by atoms with Gasteiger partial charge in [-0.15, -0.1) is 0 Å². The van der Waals surface area contributed by atoms with Gasteiger partial charge < -0.3 is 10.6 Å². The molecule has 1 aliphatic heterocycles. The Hall–Kier alpha value is -3.11. The van der Waals surface area contributed by atoms with Crippen LogP contribution in [-0.2, 0) is 4.79 Å². The number of allylic oxidation sites excluding steroid dienone is 1. The van der Waals surface area contributed by atoms with Crippen molar-refractivity contribution in [2.45, 2.75) is 18.4 Å². The minimum Gasteiger partial charge on any atom is -0.375 e. The van der Waals surface area contributed by atoms with Gasteiger partial charge in [0.15, 0.2) is 0 Å². The van der Waals surface area contributed by atoms with Crippen molar-refractivity contribution in [1.82, 2.24) is 0 Å². The van der Waals surface area contributed by atoms with Crippen LogP contribution in [-0.4, -0.2) is 5.78 Å². The second-order valence-corrected chi connectivity index (χ2v) is 8.21. The van der Waals surface area contributed by atoms with Crippen LogP contribution in [0.25, 0.3) is 0 Å². The smallest absolute Gasteiger partial charge is 0.145 e. The molecular weight excluding hydrogens is 399 g/mol. The lowest BCUT2D eigenvalue weighted by Gasteiger charge is -2.32. The number of Topliss-reactive ketones (excluding diaryl/α,β-unsaturated/α-hetero) is 1. The molecule has 3 aromatic carbocycles. The van der Waals surface area contributed by atoms with Crippen molar-refractivity contribution in [3.63, 3.8) is 0 Å². The highest BCUT2D eigenvalue weighted by Gasteiger charge is 2.39. The summed E-state index contributed by atoms with van der Waals surface area (Å²) in [5, 5.41) is 7.63. The first-order valence-electron chi connectivity index (χ1n) is 9.96. The standard InChI is InChI=1S/C25H20ClFN2O/c26-18-10-8-15(9-11-18)17-13-22-24(23(30)14-17)25(16-4-3-5-19(27)12-16)29-21-7-2-1-6-20(21)28-22/h1-13,17,24-25,28-29H,14H2. The van der Waals surface area contributed by atoms with Gasteiger partial charge in [0.2, 0.25) is 0 Å². The summed E-state index contributed by atoms with van der Waals surface area (Å²) < 4.78 is 14.0. The molecular formula is C25H20ClFN2O. The number of para-hydroxylation sites is 2. The topological polar surface area (TPSA) is 41.1 Å². The molecule has 0 saturated heterocycles. The average Bonchev–Trinajstić information content (AvgIpc) is 2.91. The molecule has 0 spiro atoms. The number of ketones is 1. The average molecular weight is 419 g/mol. The largest absolute Gasteiger partial charge is 0.375 e. The third-order valence-corrected chi connectivity index (χ3v) is 6.09. The van der Waals surface area contributed by atoms with Crippen molar-refractivity contribution < 1.29 is 9.18 Å². The molecule has 0 radical (unpaired) electrons. The first kappa shape index (κ1) is 18.9. The zero-order valence-electron chi connectivity index (χ0n) is 16.1. The van der Waals surface area contributed by atoms with Crippen LogP contribution in [0.2, 0.25) is 5.02 Å². The first-order chi connectivity index (χ1) is 14.6. The van der Waals surface area contributed by atoms with E-state index in [1.54, 1.807) is 6.07 Å². The minimum absolute atomic E-state index is 0.0352. The quantitative estimate of drug-likeness (QED) is 0.512. The number of halogens is 2. The second-order valence-electron chi connectivity index (χ2n) is 7.78. The number of hydrogen-bond acceptors (Lipinski definition) is 3. The molecule has 2 aliphatic rings. The van der Waals surface area contributed by atoms with E-state index in [9.17, 15) is 9.18 Å². The van der Waals surface area contributed by atoms with Gasteiger partial charge in [0, 0.05) is 23.1 Å². The van der Waals surface area contributed by atoms with Gasteiger partial charge in [0.05, 0.1) is 23.3 Å². The first-order valence-corrected chi connectivity index (χ1v) is 10.3. The molecule has 2 N–H and O–H groups in total. The van der Waals surface area contributed by atoms with E-state index in [0.29, 0.717) is 11.4 Å². The van der Waals surface area contributed by atoms with E-state index in [2.05, 4.69) is 16.7 Å². The Labute approximate surface area is 179 Å². The predicted octanol–water partition coefficient (Wildman–Crippen LogP) is 6.31. The zero-order chi connectivity index (χ0) is 20.7. The van der Waals surface area contributed by atoms with Crippen LogP contribution >= 0.6 is 11.6 Å². The number of nitrogens with one attached hydrogen (secondary N) is 2. The fraction of sp³-hybridized carbons (Fsp3) is 0.160. The van der Waals surface area contributed by atoms with Crippen molar-refractivity contribution >= 4 is 28.8 Å². The third-order valence-electron chi connectivity index (χ3n) is 5.84. The zero-order valence-corrected chi connectivity index (χ0v) is 16.9. The van der Waals surface area contributed by atoms with Crippen molar-refractivity contribution in [3.8, 4) is 0 Å². The number of fused-ring (bicyclic) bond motifs is 2. The molecule has 0 bridgehead atoms. The van der Waals surface area contributed by atoms with Crippen LogP contribution in [0.4, 0.5) is 15.8 Å². The molecule has 3 nitrogen and oxygen atoms in total. The van der Waals surface area contributed by atoms with Gasteiger partial charge in [0.1, 0.15) is 11.6 Å². The van der Waals surface area contributed by atoms with Gasteiger partial charge in [-0.3, -0.25) is 4.79 Å². The van der Waals surface area contributed by atoms with E-state index in [-0.39, 0.29) is 23.6 Å². The van der Waals surface area contributed by atoms with Crippen LogP contribution < -0.4 is 10.6 Å². The predicted molar refractivity (Wildman–Crippen MR) is 118 cm³/mol. The molecule has 3 atom stereocenters. The monoisotopic (exact) mass is 418 g/mol. The van der Waals surface area contributed by atoms with E-state index in [1.807, 2.05) is 54.6 Å². The van der Waals surface area contributed by atoms with Gasteiger partial charge >= 0.3 is 0 Å². The van der Waals surface area contributed by atoms with Crippen LogP contribution in [0, 0.1) is 11.7 Å². The molecule has 1 aliphatic carbocycles. The van der Waals surface area contributed by atoms with Gasteiger partial charge in [-0.1, -0.05) is 54.1 Å². The number of benzene rings is 3. The maximum Gasteiger partial charge on any atom is 0.145 e. The highest BCUT2D eigenvalue weighted by Crippen LogP contribution is 2.44. The van der Waals surface area contributed by atoms with Crippen LogP contribution in [0.3, 0.4) is 0 Å². The Morgan fingerprint density at radius 1 is 0.900 bits per heavy atom. The van der Waals surface area contributed by atoms with E-state index in [0.717, 1.165) is 28.2 Å². The summed E-state index contributed by atoms with van der Waals surface area (Å²) in [4.78, 5) is 13.4. The Morgan fingerprint density at radius 2 is 1.67 bits per heavy atom. The molecule has 30 heavy (non-hydrogen) atoms. The van der Waals surface area contributed by atoms with E-state index in [1.165, 1.54) is 12.1 Å². The third kappa shape index (κ3) is 3.48. The number of carbonyl (C=O) groups is 1. The Kier molecular flexibility index (Phi) is 4.80. The Bertz CT molecular complexity index is 1140. The lowest BCUT2D eigenvalue weighted by molar-refractivity contribution is -0.122. The maximum atomic E-state index is 14.0. The summed E-state index contributed by atoms with van der Waals surface area (Å²) in [5.74, 6) is -0.656. The van der Waals surface area contributed by atoms with Crippen molar-refractivity contribution in [2.75, 3.05) is 10.6 Å². The number of hydrogen-bond donors (Lipinski definition) is 2. The maximum absolute atomic E-state index is 14.0. The molecule has 0 aromatic heterocycles. The fourth-order valence-corrected chi connectivity index (χ4v) is 4.53. The lowest BCUT2D eigenvalue weighted by Crippen LogP contribution is -2.33. The number of carbonyl (C=O) groups excluding carboxylic acids is 1. The summed E-state index contributed by atoms with van der Waals surface area (Å²) in [6, 6.07) is 21.6. The van der Waals surface area contributed by atoms with Gasteiger partial charge in [-0.25, -0.2) is 4.39 Å². The molecule has 3 aromatic rings. The highest BCUT2D eigenvalue weighted by molar-refractivity contribution is 6.30. The summed E-state index contributed by atoms with van der Waals surface area (Å²) in [7, 11) is 0. The Morgan fingerprint density at radius 3 is 2.43 bits per heavy atom. The van der Waals surface area contributed by atoms with Crippen LogP contribution in [0.15, 0.2) is 84.6 Å². The normalized spacial score (nSPS) is 22.7. The van der Waals surface area contributed by atoms with Gasteiger partial charge in [-0.05, 0) is 47.5 Å². The van der Waals surface area contributed by atoms with Crippen molar-refractivity contribution in [2.24, 2.45) is 5.92 Å². The SMILES string of the molecule is O=C1CC(c2ccc(Cl)cc2)C=C2Nc3ccccc3NC(c3cccc(F)c3)C12. The van der Waals surface area contributed by atoms with Crippen molar-refractivity contribution in [3.05, 3.63) is 107 Å². The van der Waals surface area contributed by atoms with Gasteiger partial charge in [0.25, 0.3) is 0 Å². The Balaban J connectivity index is 1.62. The molecule has 150 valence electrons. The summed E-state index contributed by atoms with van der Waals surface area (Å²) in [5.41, 5.74) is 4.43. The molecule has 5 heteroatoms. The molecule has 0 fully saturated rings. The summed E-state index contributed by atoms with van der Waals surface area (Å²) >= 11 is 6.03. The molecule has 5 rings (SSSR count). The minimum atomic E-state index is -0.428. The fourth-order valence-electron chi connectivity index (χ4n) is 4.41. The highest BCUT2D eigenvalue weighted by atomic mass is 35.5. The molecule has 0 saturated carbocycles.